The maximum Gasteiger partial charge on any atom is 0.263 e. The first-order valence-corrected chi connectivity index (χ1v) is 6.22. The molecule has 1 aromatic rings. The first kappa shape index (κ1) is 12.9. The molecule has 0 saturated heterocycles. The van der Waals surface area contributed by atoms with Crippen LogP contribution in [0.3, 0.4) is 0 Å². The average Bonchev–Trinajstić information content (AvgIpc) is 2.17. The van der Waals surface area contributed by atoms with E-state index in [1.807, 2.05) is 18.7 Å². The van der Waals surface area contributed by atoms with Crippen molar-refractivity contribution in [1.82, 2.24) is 9.87 Å². The van der Waals surface area contributed by atoms with Crippen LogP contribution in [-0.2, 0) is 14.9 Å². The number of aromatic amines is 1. The molecule has 0 bridgehead atoms. The van der Waals surface area contributed by atoms with Crippen LogP contribution in [0, 0.1) is 5.92 Å². The number of sulfonamides is 1. The van der Waals surface area contributed by atoms with Crippen LogP contribution >= 0.6 is 0 Å². The van der Waals surface area contributed by atoms with Crippen LogP contribution in [0.4, 0.5) is 0 Å². The van der Waals surface area contributed by atoms with E-state index >= 15 is 0 Å². The van der Waals surface area contributed by atoms with Gasteiger partial charge in [0, 0.05) is 12.3 Å². The van der Waals surface area contributed by atoms with Gasteiger partial charge in [-0.3, -0.25) is 9.63 Å². The van der Waals surface area contributed by atoms with E-state index in [0.717, 1.165) is 12.3 Å². The van der Waals surface area contributed by atoms with Gasteiger partial charge in [-0.2, -0.15) is 0 Å². The summed E-state index contributed by atoms with van der Waals surface area (Å²) >= 11 is 0. The zero-order chi connectivity index (χ0) is 12.2. The molecule has 0 aromatic carbocycles. The Kier molecular flexibility index (Phi) is 4.22. The van der Waals surface area contributed by atoms with Gasteiger partial charge in [0.25, 0.3) is 10.0 Å². The van der Waals surface area contributed by atoms with Crippen molar-refractivity contribution in [3.8, 4) is 0 Å². The molecule has 90 valence electrons. The van der Waals surface area contributed by atoms with Crippen LogP contribution in [0.15, 0.2) is 28.0 Å². The molecule has 0 fully saturated rings. The summed E-state index contributed by atoms with van der Waals surface area (Å²) in [6, 6.07) is 2.34. The Bertz CT molecular complexity index is 472. The average molecular weight is 246 g/mol. The second-order valence-electron chi connectivity index (χ2n) is 3.68. The molecule has 7 heteroatoms. The zero-order valence-electron chi connectivity index (χ0n) is 9.06. The van der Waals surface area contributed by atoms with Crippen molar-refractivity contribution >= 4 is 10.0 Å². The maximum atomic E-state index is 11.6. The van der Waals surface area contributed by atoms with Crippen LogP contribution in [-0.4, -0.2) is 20.0 Å². The van der Waals surface area contributed by atoms with Gasteiger partial charge in [-0.1, -0.05) is 18.7 Å². The van der Waals surface area contributed by atoms with Gasteiger partial charge >= 0.3 is 0 Å². The second-order valence-corrected chi connectivity index (χ2v) is 5.33. The maximum absolute atomic E-state index is 11.6. The van der Waals surface area contributed by atoms with Crippen LogP contribution in [0.25, 0.3) is 0 Å². The van der Waals surface area contributed by atoms with Crippen LogP contribution in [0.1, 0.15) is 13.8 Å². The molecule has 1 aromatic heterocycles. The molecule has 0 spiro atoms. The number of aromatic nitrogens is 1. The number of rotatable bonds is 5. The number of pyridine rings is 1. The quantitative estimate of drug-likeness (QED) is 0.728. The van der Waals surface area contributed by atoms with Crippen LogP contribution < -0.4 is 10.4 Å². The number of H-pyrrole nitrogens is 1. The lowest BCUT2D eigenvalue weighted by molar-refractivity contribution is 0.0718. The van der Waals surface area contributed by atoms with Crippen molar-refractivity contribution < 1.29 is 13.3 Å². The van der Waals surface area contributed by atoms with Gasteiger partial charge in [0.2, 0.25) is 5.56 Å². The molecule has 0 amide bonds. The normalized spacial score (nSPS) is 11.9. The summed E-state index contributed by atoms with van der Waals surface area (Å²) in [5.41, 5.74) is -0.359. The summed E-state index contributed by atoms with van der Waals surface area (Å²) in [4.78, 5) is 19.8. The Morgan fingerprint density at radius 2 is 2.12 bits per heavy atom. The van der Waals surface area contributed by atoms with E-state index in [4.69, 9.17) is 4.84 Å². The van der Waals surface area contributed by atoms with E-state index in [1.165, 1.54) is 6.07 Å². The summed E-state index contributed by atoms with van der Waals surface area (Å²) in [6.45, 7) is 4.07. The molecular weight excluding hydrogens is 232 g/mol. The van der Waals surface area contributed by atoms with E-state index in [-0.39, 0.29) is 23.0 Å². The topological polar surface area (TPSA) is 88.3 Å². The summed E-state index contributed by atoms with van der Waals surface area (Å²) in [5, 5.41) is 0. The summed E-state index contributed by atoms with van der Waals surface area (Å²) < 4.78 is 23.1. The zero-order valence-corrected chi connectivity index (χ0v) is 9.87. The van der Waals surface area contributed by atoms with Gasteiger partial charge in [0.15, 0.2) is 0 Å². The van der Waals surface area contributed by atoms with Crippen molar-refractivity contribution in [3.63, 3.8) is 0 Å². The van der Waals surface area contributed by atoms with Crippen LogP contribution in [0.2, 0.25) is 0 Å². The molecule has 0 aliphatic carbocycles. The van der Waals surface area contributed by atoms with Gasteiger partial charge in [0.1, 0.15) is 4.90 Å². The summed E-state index contributed by atoms with van der Waals surface area (Å²) in [5.74, 6) is 0.221. The van der Waals surface area contributed by atoms with Crippen molar-refractivity contribution in [2.45, 2.75) is 18.7 Å². The minimum atomic E-state index is -3.72. The third kappa shape index (κ3) is 3.76. The highest BCUT2D eigenvalue weighted by Crippen LogP contribution is 2.04. The molecule has 0 unspecified atom stereocenters. The predicted molar refractivity (Wildman–Crippen MR) is 58.2 cm³/mol. The Balaban J connectivity index is 2.71. The molecule has 16 heavy (non-hydrogen) atoms. The SMILES string of the molecule is CC(C)CONS(=O)(=O)c1ccc(=O)[nH]c1. The van der Waals surface area contributed by atoms with E-state index in [0.29, 0.717) is 0 Å². The fourth-order valence-electron chi connectivity index (χ4n) is 0.890. The molecule has 6 nitrogen and oxygen atoms in total. The Hall–Kier alpha value is -1.18. The van der Waals surface area contributed by atoms with Gasteiger partial charge in [-0.05, 0) is 12.0 Å². The minimum Gasteiger partial charge on any atom is -0.328 e. The predicted octanol–water partition coefficient (Wildman–Crippen LogP) is 0.241. The summed E-state index contributed by atoms with van der Waals surface area (Å²) in [7, 11) is -3.72. The lowest BCUT2D eigenvalue weighted by Crippen LogP contribution is -2.26. The minimum absolute atomic E-state index is 0.0455. The van der Waals surface area contributed by atoms with Gasteiger partial charge < -0.3 is 4.98 Å². The molecule has 1 rings (SSSR count). The lowest BCUT2D eigenvalue weighted by Gasteiger charge is -2.08. The highest BCUT2D eigenvalue weighted by atomic mass is 32.2. The van der Waals surface area contributed by atoms with E-state index in [2.05, 4.69) is 4.98 Å². The molecule has 0 atom stereocenters. The highest BCUT2D eigenvalue weighted by molar-refractivity contribution is 7.89. The third-order valence-corrected chi connectivity index (χ3v) is 2.86. The van der Waals surface area contributed by atoms with Crippen molar-refractivity contribution in [1.29, 1.82) is 0 Å². The molecule has 0 aliphatic heterocycles. The number of hydrogen-bond donors (Lipinski definition) is 2. The van der Waals surface area contributed by atoms with Crippen molar-refractivity contribution in [2.24, 2.45) is 5.92 Å². The molecular formula is C9H14N2O4S. The Morgan fingerprint density at radius 3 is 2.62 bits per heavy atom. The van der Waals surface area contributed by atoms with E-state index in [1.54, 1.807) is 0 Å². The fraction of sp³-hybridized carbons (Fsp3) is 0.444. The smallest absolute Gasteiger partial charge is 0.263 e. The molecule has 0 radical (unpaired) electrons. The van der Waals surface area contributed by atoms with Crippen molar-refractivity contribution in [2.75, 3.05) is 6.61 Å². The van der Waals surface area contributed by atoms with E-state index in [9.17, 15) is 13.2 Å². The third-order valence-electron chi connectivity index (χ3n) is 1.65. The lowest BCUT2D eigenvalue weighted by atomic mass is 10.2. The first-order valence-electron chi connectivity index (χ1n) is 4.74. The molecule has 1 heterocycles. The van der Waals surface area contributed by atoms with E-state index < -0.39 is 10.0 Å². The molecule has 2 N–H and O–H groups in total. The molecule has 0 saturated carbocycles. The van der Waals surface area contributed by atoms with Gasteiger partial charge in [0.05, 0.1) is 6.61 Å². The summed E-state index contributed by atoms with van der Waals surface area (Å²) in [6.07, 6.45) is 1.11. The molecule has 0 aliphatic rings. The monoisotopic (exact) mass is 246 g/mol. The first-order chi connectivity index (χ1) is 7.42. The highest BCUT2D eigenvalue weighted by Gasteiger charge is 2.14. The Labute approximate surface area is 93.7 Å². The van der Waals surface area contributed by atoms with Gasteiger partial charge in [-0.15, -0.1) is 0 Å². The number of nitrogens with one attached hydrogen (secondary N) is 2. The Morgan fingerprint density at radius 1 is 1.44 bits per heavy atom. The van der Waals surface area contributed by atoms with Crippen LogP contribution in [0.5, 0.6) is 0 Å². The standard InChI is InChI=1S/C9H14N2O4S/c1-7(2)6-15-11-16(13,14)8-3-4-9(12)10-5-8/h3-5,7,11H,6H2,1-2H3,(H,10,12). The van der Waals surface area contributed by atoms with Crippen molar-refractivity contribution in [3.05, 3.63) is 28.7 Å². The largest absolute Gasteiger partial charge is 0.328 e. The van der Waals surface area contributed by atoms with Gasteiger partial charge in [-0.25, -0.2) is 8.42 Å². The second kappa shape index (κ2) is 5.24. The fourth-order valence-corrected chi connectivity index (χ4v) is 1.67. The number of hydrogen-bond acceptors (Lipinski definition) is 4.